The number of hydrogen-bond acceptors (Lipinski definition) is 4. The summed E-state index contributed by atoms with van der Waals surface area (Å²) in [7, 11) is 0. The summed E-state index contributed by atoms with van der Waals surface area (Å²) in [6, 6.07) is 17.4. The summed E-state index contributed by atoms with van der Waals surface area (Å²) in [5.41, 5.74) is 3.47. The van der Waals surface area contributed by atoms with E-state index in [1.807, 2.05) is 12.1 Å². The summed E-state index contributed by atoms with van der Waals surface area (Å²) in [6.07, 6.45) is 3.35. The Hall–Kier alpha value is -2.50. The van der Waals surface area contributed by atoms with Crippen LogP contribution in [-0.4, -0.2) is 23.1 Å². The SMILES string of the molecule is Cc1sc2nc(Cl)nc(N3CCC(Cc4ccccc4)CC3)c2c1-c1ccc(F)cc1. The van der Waals surface area contributed by atoms with Gasteiger partial charge in [0, 0.05) is 23.5 Å². The molecule has 5 rings (SSSR count). The van der Waals surface area contributed by atoms with Crippen LogP contribution in [0.15, 0.2) is 54.6 Å². The van der Waals surface area contributed by atoms with Gasteiger partial charge in [0.25, 0.3) is 0 Å². The topological polar surface area (TPSA) is 29.0 Å². The van der Waals surface area contributed by atoms with Gasteiger partial charge in [0.05, 0.1) is 5.39 Å². The van der Waals surface area contributed by atoms with Crippen molar-refractivity contribution < 1.29 is 4.39 Å². The molecule has 1 aliphatic rings. The molecule has 0 aliphatic carbocycles. The standard InChI is InChI=1S/C25H23ClFN3S/c1-16-21(19-7-9-20(27)10-8-19)22-23(28-25(26)29-24(22)31-16)30-13-11-18(12-14-30)15-17-5-3-2-4-6-17/h2-10,18H,11-15H2,1H3. The van der Waals surface area contributed by atoms with Gasteiger partial charge in [0.2, 0.25) is 5.28 Å². The Labute approximate surface area is 190 Å². The Morgan fingerprint density at radius 3 is 2.45 bits per heavy atom. The first kappa shape index (κ1) is 20.4. The third kappa shape index (κ3) is 4.17. The van der Waals surface area contributed by atoms with E-state index in [0.29, 0.717) is 5.92 Å². The Balaban J connectivity index is 1.47. The van der Waals surface area contributed by atoms with Crippen LogP contribution < -0.4 is 4.90 Å². The van der Waals surface area contributed by atoms with Crippen LogP contribution in [0.4, 0.5) is 10.2 Å². The van der Waals surface area contributed by atoms with E-state index in [2.05, 4.69) is 52.1 Å². The summed E-state index contributed by atoms with van der Waals surface area (Å²) in [6.45, 7) is 3.96. The lowest BCUT2D eigenvalue weighted by Crippen LogP contribution is -2.35. The predicted octanol–water partition coefficient (Wildman–Crippen LogP) is 6.92. The Bertz CT molecular complexity index is 1200. The van der Waals surface area contributed by atoms with Gasteiger partial charge in [-0.2, -0.15) is 4.98 Å². The van der Waals surface area contributed by atoms with Crippen molar-refractivity contribution in [1.82, 2.24) is 9.97 Å². The van der Waals surface area contributed by atoms with Gasteiger partial charge in [-0.15, -0.1) is 11.3 Å². The molecule has 0 spiro atoms. The highest BCUT2D eigenvalue weighted by atomic mass is 35.5. The fraction of sp³-hybridized carbons (Fsp3) is 0.280. The van der Waals surface area contributed by atoms with Gasteiger partial charge in [0.1, 0.15) is 16.5 Å². The van der Waals surface area contributed by atoms with Crippen molar-refractivity contribution in [2.45, 2.75) is 26.2 Å². The van der Waals surface area contributed by atoms with Crippen LogP contribution >= 0.6 is 22.9 Å². The third-order valence-electron chi connectivity index (χ3n) is 6.10. The zero-order valence-electron chi connectivity index (χ0n) is 17.3. The van der Waals surface area contributed by atoms with Crippen molar-refractivity contribution in [3.8, 4) is 11.1 Å². The normalized spacial score (nSPS) is 15.0. The fourth-order valence-electron chi connectivity index (χ4n) is 4.56. The van der Waals surface area contributed by atoms with Gasteiger partial charge in [-0.25, -0.2) is 9.37 Å². The second-order valence-electron chi connectivity index (χ2n) is 8.16. The molecule has 0 amide bonds. The number of thiophene rings is 1. The Morgan fingerprint density at radius 2 is 1.74 bits per heavy atom. The van der Waals surface area contributed by atoms with E-state index >= 15 is 0 Å². The lowest BCUT2D eigenvalue weighted by molar-refractivity contribution is 0.403. The van der Waals surface area contributed by atoms with Crippen molar-refractivity contribution in [2.75, 3.05) is 18.0 Å². The Kier molecular flexibility index (Phi) is 5.63. The second-order valence-corrected chi connectivity index (χ2v) is 9.70. The van der Waals surface area contributed by atoms with Gasteiger partial charge in [0.15, 0.2) is 0 Å². The lowest BCUT2D eigenvalue weighted by atomic mass is 9.90. The van der Waals surface area contributed by atoms with E-state index in [9.17, 15) is 4.39 Å². The minimum Gasteiger partial charge on any atom is -0.356 e. The van der Waals surface area contributed by atoms with Gasteiger partial charge in [-0.1, -0.05) is 42.5 Å². The van der Waals surface area contributed by atoms with E-state index in [0.717, 1.165) is 64.4 Å². The average molecular weight is 452 g/mol. The number of aromatic nitrogens is 2. The van der Waals surface area contributed by atoms with Gasteiger partial charge in [-0.05, 0) is 67.0 Å². The summed E-state index contributed by atoms with van der Waals surface area (Å²) < 4.78 is 13.5. The molecule has 1 saturated heterocycles. The van der Waals surface area contributed by atoms with Crippen LogP contribution in [0.1, 0.15) is 23.3 Å². The number of piperidine rings is 1. The third-order valence-corrected chi connectivity index (χ3v) is 7.26. The van der Waals surface area contributed by atoms with E-state index in [-0.39, 0.29) is 11.1 Å². The molecule has 158 valence electrons. The lowest BCUT2D eigenvalue weighted by Gasteiger charge is -2.33. The molecule has 3 nitrogen and oxygen atoms in total. The van der Waals surface area contributed by atoms with Crippen LogP contribution in [0.3, 0.4) is 0 Å². The molecule has 0 N–H and O–H groups in total. The zero-order chi connectivity index (χ0) is 21.4. The molecule has 2 aromatic heterocycles. The van der Waals surface area contributed by atoms with Crippen molar-refractivity contribution in [3.05, 3.63) is 76.1 Å². The molecular weight excluding hydrogens is 429 g/mol. The maximum atomic E-state index is 13.5. The highest BCUT2D eigenvalue weighted by Gasteiger charge is 2.25. The van der Waals surface area contributed by atoms with E-state index in [4.69, 9.17) is 11.6 Å². The van der Waals surface area contributed by atoms with Crippen molar-refractivity contribution in [2.24, 2.45) is 5.92 Å². The first-order valence-corrected chi connectivity index (χ1v) is 11.8. The number of benzene rings is 2. The first-order chi connectivity index (χ1) is 15.1. The fourth-order valence-corrected chi connectivity index (χ4v) is 5.81. The summed E-state index contributed by atoms with van der Waals surface area (Å²) >= 11 is 7.93. The molecule has 0 unspecified atom stereocenters. The quantitative estimate of drug-likeness (QED) is 0.315. The molecule has 6 heteroatoms. The van der Waals surface area contributed by atoms with Crippen LogP contribution in [0.2, 0.25) is 5.28 Å². The van der Waals surface area contributed by atoms with Crippen LogP contribution in [0, 0.1) is 18.7 Å². The molecule has 3 heterocycles. The van der Waals surface area contributed by atoms with Crippen molar-refractivity contribution >= 4 is 39.0 Å². The number of nitrogens with zero attached hydrogens (tertiary/aromatic N) is 3. The number of aryl methyl sites for hydroxylation is 1. The zero-order valence-corrected chi connectivity index (χ0v) is 18.9. The maximum absolute atomic E-state index is 13.5. The largest absolute Gasteiger partial charge is 0.356 e. The molecule has 0 atom stereocenters. The van der Waals surface area contributed by atoms with E-state index < -0.39 is 0 Å². The summed E-state index contributed by atoms with van der Waals surface area (Å²) in [4.78, 5) is 13.5. The van der Waals surface area contributed by atoms with Crippen LogP contribution in [0.25, 0.3) is 21.3 Å². The minimum atomic E-state index is -0.235. The summed E-state index contributed by atoms with van der Waals surface area (Å²) in [5.74, 6) is 1.34. The highest BCUT2D eigenvalue weighted by molar-refractivity contribution is 7.19. The van der Waals surface area contributed by atoms with Gasteiger partial charge >= 0.3 is 0 Å². The van der Waals surface area contributed by atoms with E-state index in [1.54, 1.807) is 11.3 Å². The molecular formula is C25H23ClFN3S. The number of fused-ring (bicyclic) bond motifs is 1. The molecule has 0 bridgehead atoms. The van der Waals surface area contributed by atoms with Crippen LogP contribution in [-0.2, 0) is 6.42 Å². The van der Waals surface area contributed by atoms with Gasteiger partial charge < -0.3 is 4.90 Å². The minimum absolute atomic E-state index is 0.235. The monoisotopic (exact) mass is 451 g/mol. The Morgan fingerprint density at radius 1 is 1.03 bits per heavy atom. The van der Waals surface area contributed by atoms with E-state index in [1.165, 1.54) is 17.7 Å². The average Bonchev–Trinajstić information content (AvgIpc) is 3.10. The van der Waals surface area contributed by atoms with Crippen LogP contribution in [0.5, 0.6) is 0 Å². The van der Waals surface area contributed by atoms with Crippen molar-refractivity contribution in [3.63, 3.8) is 0 Å². The smallest absolute Gasteiger partial charge is 0.225 e. The molecule has 4 aromatic rings. The molecule has 0 saturated carbocycles. The number of hydrogen-bond donors (Lipinski definition) is 0. The molecule has 1 fully saturated rings. The van der Waals surface area contributed by atoms with Gasteiger partial charge in [-0.3, -0.25) is 0 Å². The molecule has 1 aliphatic heterocycles. The maximum Gasteiger partial charge on any atom is 0.225 e. The summed E-state index contributed by atoms with van der Waals surface area (Å²) in [5, 5.41) is 1.31. The second kappa shape index (κ2) is 8.56. The molecule has 31 heavy (non-hydrogen) atoms. The number of rotatable bonds is 4. The number of halogens is 2. The molecule has 2 aromatic carbocycles. The first-order valence-electron chi connectivity index (χ1n) is 10.6. The highest BCUT2D eigenvalue weighted by Crippen LogP contribution is 2.43. The molecule has 0 radical (unpaired) electrons. The predicted molar refractivity (Wildman–Crippen MR) is 128 cm³/mol. The number of anilines is 1. The van der Waals surface area contributed by atoms with Crippen molar-refractivity contribution in [1.29, 1.82) is 0 Å².